The standard InChI is InChI=1S/C18H20Cl2N.HI/c1-21-10-9-16-14(3-2-4-15(16)12-21)7-5-13-6-8-17(19)18(20)11-13;/h6,8-12,14H,2-5,7H2,1H3;1H/q+1;/p-1. The second kappa shape index (κ2) is 7.98. The van der Waals surface area contributed by atoms with Crippen LogP contribution in [0.1, 0.15) is 41.9 Å². The van der Waals surface area contributed by atoms with Gasteiger partial charge in [0.2, 0.25) is 0 Å². The number of pyridine rings is 1. The number of aromatic nitrogens is 1. The Balaban J connectivity index is 0.00000176. The second-order valence-corrected chi connectivity index (χ2v) is 6.78. The molecule has 1 atom stereocenters. The van der Waals surface area contributed by atoms with E-state index in [1.807, 2.05) is 12.1 Å². The number of fused-ring (bicyclic) bond motifs is 1. The van der Waals surface area contributed by atoms with E-state index < -0.39 is 0 Å². The lowest BCUT2D eigenvalue weighted by molar-refractivity contribution is -0.672. The predicted octanol–water partition coefficient (Wildman–Crippen LogP) is 1.87. The van der Waals surface area contributed by atoms with E-state index in [4.69, 9.17) is 23.2 Å². The number of rotatable bonds is 3. The van der Waals surface area contributed by atoms with Gasteiger partial charge < -0.3 is 24.0 Å². The summed E-state index contributed by atoms with van der Waals surface area (Å²) in [5.41, 5.74) is 4.34. The van der Waals surface area contributed by atoms with Gasteiger partial charge in [0.25, 0.3) is 0 Å². The lowest BCUT2D eigenvalue weighted by atomic mass is 9.81. The van der Waals surface area contributed by atoms with Crippen LogP contribution in [0.4, 0.5) is 0 Å². The van der Waals surface area contributed by atoms with Crippen molar-refractivity contribution < 1.29 is 28.5 Å². The van der Waals surface area contributed by atoms with Gasteiger partial charge in [0.1, 0.15) is 7.05 Å². The van der Waals surface area contributed by atoms with Crippen LogP contribution in [0.15, 0.2) is 36.7 Å². The highest BCUT2D eigenvalue weighted by molar-refractivity contribution is 6.42. The highest BCUT2D eigenvalue weighted by atomic mass is 127. The fourth-order valence-corrected chi connectivity index (χ4v) is 3.63. The number of aryl methyl sites for hydroxylation is 3. The Labute approximate surface area is 159 Å². The molecule has 3 rings (SSSR count). The summed E-state index contributed by atoms with van der Waals surface area (Å²) >= 11 is 12.1. The maximum atomic E-state index is 6.10. The van der Waals surface area contributed by atoms with Crippen molar-refractivity contribution in [3.05, 3.63) is 63.4 Å². The molecule has 1 aliphatic rings. The largest absolute Gasteiger partial charge is 1.00 e. The van der Waals surface area contributed by atoms with Gasteiger partial charge in [-0.15, -0.1) is 0 Å². The average Bonchev–Trinajstić information content (AvgIpc) is 2.48. The molecule has 22 heavy (non-hydrogen) atoms. The summed E-state index contributed by atoms with van der Waals surface area (Å²) in [5.74, 6) is 0.671. The lowest BCUT2D eigenvalue weighted by Gasteiger charge is -2.24. The molecule has 0 amide bonds. The third-order valence-electron chi connectivity index (χ3n) is 4.42. The van der Waals surface area contributed by atoms with Crippen molar-refractivity contribution in [2.75, 3.05) is 0 Å². The molecular formula is C18H20Cl2IN. The Morgan fingerprint density at radius 2 is 2.00 bits per heavy atom. The highest BCUT2D eigenvalue weighted by Gasteiger charge is 2.22. The molecule has 0 fully saturated rings. The van der Waals surface area contributed by atoms with Gasteiger partial charge >= 0.3 is 0 Å². The third-order valence-corrected chi connectivity index (χ3v) is 5.16. The summed E-state index contributed by atoms with van der Waals surface area (Å²) < 4.78 is 2.15. The van der Waals surface area contributed by atoms with Gasteiger partial charge in [-0.25, -0.2) is 4.57 Å². The van der Waals surface area contributed by atoms with E-state index in [1.54, 1.807) is 5.56 Å². The van der Waals surface area contributed by atoms with E-state index in [0.29, 0.717) is 16.0 Å². The molecule has 1 aliphatic carbocycles. The van der Waals surface area contributed by atoms with Gasteiger partial charge in [-0.3, -0.25) is 0 Å². The van der Waals surface area contributed by atoms with E-state index in [0.717, 1.165) is 6.42 Å². The monoisotopic (exact) mass is 447 g/mol. The molecule has 4 heteroatoms. The first-order valence-corrected chi connectivity index (χ1v) is 8.31. The molecule has 118 valence electrons. The number of nitrogens with zero attached hydrogens (tertiary/aromatic N) is 1. The molecule has 1 aromatic heterocycles. The zero-order chi connectivity index (χ0) is 14.8. The summed E-state index contributed by atoms with van der Waals surface area (Å²) in [6.07, 6.45) is 10.5. The molecule has 1 nitrogen and oxygen atoms in total. The van der Waals surface area contributed by atoms with Crippen LogP contribution in [-0.4, -0.2) is 0 Å². The van der Waals surface area contributed by atoms with Gasteiger partial charge in [-0.1, -0.05) is 29.3 Å². The minimum absolute atomic E-state index is 0. The van der Waals surface area contributed by atoms with Crippen molar-refractivity contribution in [3.63, 3.8) is 0 Å². The summed E-state index contributed by atoms with van der Waals surface area (Å²) in [5, 5.41) is 1.29. The van der Waals surface area contributed by atoms with Crippen LogP contribution in [0.25, 0.3) is 0 Å². The van der Waals surface area contributed by atoms with Gasteiger partial charge in [-0.05, 0) is 61.3 Å². The van der Waals surface area contributed by atoms with Crippen LogP contribution in [0.3, 0.4) is 0 Å². The summed E-state index contributed by atoms with van der Waals surface area (Å²) in [6.45, 7) is 0. The molecule has 1 unspecified atom stereocenters. The number of halogens is 3. The van der Waals surface area contributed by atoms with Crippen LogP contribution in [-0.2, 0) is 19.9 Å². The van der Waals surface area contributed by atoms with E-state index in [9.17, 15) is 0 Å². The van der Waals surface area contributed by atoms with E-state index >= 15 is 0 Å². The molecule has 2 aromatic rings. The van der Waals surface area contributed by atoms with Crippen LogP contribution < -0.4 is 28.5 Å². The number of benzene rings is 1. The van der Waals surface area contributed by atoms with Gasteiger partial charge in [0, 0.05) is 11.6 Å². The normalized spacial score (nSPS) is 16.8. The van der Waals surface area contributed by atoms with Crippen molar-refractivity contribution in [1.29, 1.82) is 0 Å². The molecule has 0 radical (unpaired) electrons. The Hall–Kier alpha value is -0.320. The number of hydrogen-bond donors (Lipinski definition) is 0. The van der Waals surface area contributed by atoms with Crippen molar-refractivity contribution in [2.24, 2.45) is 7.05 Å². The molecule has 1 aromatic carbocycles. The molecule has 0 spiro atoms. The Kier molecular flexibility index (Phi) is 6.54. The smallest absolute Gasteiger partial charge is 0.171 e. The first-order valence-electron chi connectivity index (χ1n) is 7.55. The molecule has 0 aliphatic heterocycles. The second-order valence-electron chi connectivity index (χ2n) is 5.97. The zero-order valence-corrected chi connectivity index (χ0v) is 16.3. The maximum absolute atomic E-state index is 6.10. The topological polar surface area (TPSA) is 3.88 Å². The van der Waals surface area contributed by atoms with Crippen molar-refractivity contribution in [2.45, 2.75) is 38.0 Å². The lowest BCUT2D eigenvalue weighted by Crippen LogP contribution is -3.00. The van der Waals surface area contributed by atoms with Gasteiger partial charge in [0.05, 0.1) is 10.0 Å². The zero-order valence-electron chi connectivity index (χ0n) is 12.7. The summed E-state index contributed by atoms with van der Waals surface area (Å²) in [4.78, 5) is 0. The predicted molar refractivity (Wildman–Crippen MR) is 88.1 cm³/mol. The van der Waals surface area contributed by atoms with Crippen molar-refractivity contribution in [1.82, 2.24) is 0 Å². The van der Waals surface area contributed by atoms with Crippen LogP contribution in [0.2, 0.25) is 10.0 Å². The fourth-order valence-electron chi connectivity index (χ4n) is 3.31. The molecule has 0 bridgehead atoms. The van der Waals surface area contributed by atoms with E-state index in [1.165, 1.54) is 36.8 Å². The van der Waals surface area contributed by atoms with Crippen LogP contribution in [0, 0.1) is 0 Å². The minimum Gasteiger partial charge on any atom is -1.00 e. The van der Waals surface area contributed by atoms with E-state index in [-0.39, 0.29) is 24.0 Å². The first-order chi connectivity index (χ1) is 10.1. The first kappa shape index (κ1) is 18.0. The summed E-state index contributed by atoms with van der Waals surface area (Å²) in [7, 11) is 2.10. The molecule has 0 N–H and O–H groups in total. The average molecular weight is 448 g/mol. The SMILES string of the molecule is C[n+]1ccc2c(c1)CCCC2CCc1ccc(Cl)c(Cl)c1.[I-]. The summed E-state index contributed by atoms with van der Waals surface area (Å²) in [6, 6.07) is 8.28. The van der Waals surface area contributed by atoms with E-state index in [2.05, 4.69) is 36.1 Å². The maximum Gasteiger partial charge on any atom is 0.171 e. The van der Waals surface area contributed by atoms with Crippen LogP contribution in [0.5, 0.6) is 0 Å². The Morgan fingerprint density at radius 3 is 2.77 bits per heavy atom. The molecule has 1 heterocycles. The Bertz CT molecular complexity index is 658. The van der Waals surface area contributed by atoms with Crippen LogP contribution >= 0.6 is 23.2 Å². The Morgan fingerprint density at radius 1 is 1.18 bits per heavy atom. The third kappa shape index (κ3) is 4.15. The highest BCUT2D eigenvalue weighted by Crippen LogP contribution is 2.34. The quantitative estimate of drug-likeness (QED) is 0.499. The molecular weight excluding hydrogens is 428 g/mol. The molecule has 0 saturated carbocycles. The fraction of sp³-hybridized carbons (Fsp3) is 0.389. The van der Waals surface area contributed by atoms with Gasteiger partial charge in [0.15, 0.2) is 12.4 Å². The van der Waals surface area contributed by atoms with Crippen molar-refractivity contribution in [3.8, 4) is 0 Å². The molecule has 0 saturated heterocycles. The van der Waals surface area contributed by atoms with Gasteiger partial charge in [-0.2, -0.15) is 0 Å². The van der Waals surface area contributed by atoms with Crippen molar-refractivity contribution >= 4 is 23.2 Å². The minimum atomic E-state index is 0. The number of hydrogen-bond acceptors (Lipinski definition) is 0.